The average Bonchev–Trinajstić information content (AvgIpc) is 3.06. The number of carboxylic acid groups (broad SMARTS) is 10. The van der Waals surface area contributed by atoms with Crippen molar-refractivity contribution in [3.63, 3.8) is 0 Å². The Kier molecular flexibility index (Phi) is 93.0. The molecule has 0 saturated heterocycles. The van der Waals surface area contributed by atoms with Crippen LogP contribution in [0.3, 0.4) is 0 Å². The van der Waals surface area contributed by atoms with Crippen molar-refractivity contribution < 1.29 is 99.0 Å². The number of aliphatic carboxylic acids is 10. The highest BCUT2D eigenvalue weighted by molar-refractivity contribution is 5.71. The van der Waals surface area contributed by atoms with E-state index in [-0.39, 0.29) is 65.4 Å². The van der Waals surface area contributed by atoms with Crippen molar-refractivity contribution >= 4 is 59.7 Å². The fourth-order valence-electron chi connectivity index (χ4n) is 0. The van der Waals surface area contributed by atoms with E-state index in [0.717, 1.165) is 0 Å². The summed E-state index contributed by atoms with van der Waals surface area (Å²) in [6.45, 7) is -2.78. The van der Waals surface area contributed by atoms with Crippen LogP contribution in [0.4, 0.5) is 0 Å². The van der Waals surface area contributed by atoms with Crippen LogP contribution in [0, 0.1) is 0 Å². The number of carboxylic acids is 10. The first kappa shape index (κ1) is 70.6. The van der Waals surface area contributed by atoms with Gasteiger partial charge in [-0.1, -0.05) is 0 Å². The van der Waals surface area contributed by atoms with E-state index in [1.165, 1.54) is 0 Å². The van der Waals surface area contributed by atoms with Crippen LogP contribution < -0.4 is 57.3 Å². The molecule has 0 unspecified atom stereocenters. The van der Waals surface area contributed by atoms with Gasteiger partial charge in [0.25, 0.3) is 0 Å². The molecule has 0 heterocycles. The van der Waals surface area contributed by atoms with Crippen LogP contribution in [-0.2, 0) is 47.9 Å². The van der Waals surface area contributed by atoms with Crippen molar-refractivity contribution in [2.75, 3.05) is 65.4 Å². The zero-order valence-electron chi connectivity index (χ0n) is 26.4. The van der Waals surface area contributed by atoms with Gasteiger partial charge in [0.15, 0.2) is 0 Å². The highest BCUT2D eigenvalue weighted by atomic mass is 16.4. The zero-order valence-corrected chi connectivity index (χ0v) is 26.4. The smallest absolute Gasteiger partial charge is 0.317 e. The predicted molar refractivity (Wildman–Crippen MR) is 167 cm³/mol. The van der Waals surface area contributed by atoms with Gasteiger partial charge in [-0.05, 0) is 0 Å². The molecule has 30 heteroatoms. The molecule has 0 amide bonds. The minimum Gasteiger partial charge on any atom is -0.480 e. The van der Waals surface area contributed by atoms with Gasteiger partial charge < -0.3 is 108 Å². The first-order valence-electron chi connectivity index (χ1n) is 11.9. The summed E-state index contributed by atoms with van der Waals surface area (Å²) in [5.41, 5.74) is 45.7. The van der Waals surface area contributed by atoms with Crippen LogP contribution in [0.25, 0.3) is 0 Å². The Morgan fingerprint density at radius 1 is 0.200 bits per heavy atom. The molecule has 30 N–H and O–H groups in total. The monoisotopic (exact) mass is 750 g/mol. The van der Waals surface area contributed by atoms with Crippen molar-refractivity contribution in [3.05, 3.63) is 0 Å². The van der Waals surface area contributed by atoms with Gasteiger partial charge in [-0.25, -0.2) is 0 Å². The summed E-state index contributed by atoms with van der Waals surface area (Å²) in [6.07, 6.45) is 0. The van der Waals surface area contributed by atoms with Crippen LogP contribution in [0.1, 0.15) is 0 Å². The van der Waals surface area contributed by atoms with Crippen LogP contribution in [0.5, 0.6) is 0 Å². The maximum atomic E-state index is 9.24. The normalized spacial score (nSPS) is 7.40. The minimum absolute atomic E-state index is 0.278. The van der Waals surface area contributed by atoms with Crippen LogP contribution in [-0.4, -0.2) is 176 Å². The first-order valence-corrected chi connectivity index (χ1v) is 11.9. The molecule has 0 fully saturated rings. The highest BCUT2D eigenvalue weighted by Gasteiger charge is 1.84. The lowest BCUT2D eigenvalue weighted by atomic mass is 10.7. The summed E-state index contributed by atoms with van der Waals surface area (Å²) in [4.78, 5) is 92.4. The van der Waals surface area contributed by atoms with E-state index in [9.17, 15) is 47.9 Å². The molecule has 0 aromatic heterocycles. The maximum absolute atomic E-state index is 9.24. The molecule has 0 aliphatic carbocycles. The molecule has 0 aliphatic rings. The molecule has 0 aromatic carbocycles. The molecular formula is C20H50N10O20. The zero-order chi connectivity index (χ0) is 42.8. The van der Waals surface area contributed by atoms with Crippen molar-refractivity contribution in [1.82, 2.24) is 0 Å². The van der Waals surface area contributed by atoms with Gasteiger partial charge in [-0.3, -0.25) is 47.9 Å². The molecule has 0 radical (unpaired) electrons. The van der Waals surface area contributed by atoms with E-state index in [1.807, 2.05) is 0 Å². The van der Waals surface area contributed by atoms with Gasteiger partial charge in [0.2, 0.25) is 0 Å². The number of hydrogen-bond donors (Lipinski definition) is 20. The SMILES string of the molecule is NCC(=O)O.NCC(=O)O.NCC(=O)O.NCC(=O)O.NCC(=O)O.NCC(=O)O.NCC(=O)O.NCC(=O)O.NCC(=O)O.NCC(=O)O. The van der Waals surface area contributed by atoms with Crippen LogP contribution in [0.2, 0.25) is 0 Å². The number of nitrogens with two attached hydrogens (primary N) is 10. The van der Waals surface area contributed by atoms with E-state index >= 15 is 0 Å². The average molecular weight is 751 g/mol. The van der Waals surface area contributed by atoms with Gasteiger partial charge in [-0.15, -0.1) is 0 Å². The van der Waals surface area contributed by atoms with Gasteiger partial charge in [0.05, 0.1) is 65.4 Å². The van der Waals surface area contributed by atoms with E-state index in [4.69, 9.17) is 51.1 Å². The van der Waals surface area contributed by atoms with Gasteiger partial charge in [0.1, 0.15) is 0 Å². The van der Waals surface area contributed by atoms with E-state index in [0.29, 0.717) is 0 Å². The van der Waals surface area contributed by atoms with E-state index in [1.54, 1.807) is 0 Å². The third kappa shape index (κ3) is 353. The van der Waals surface area contributed by atoms with Crippen LogP contribution >= 0.6 is 0 Å². The lowest BCUT2D eigenvalue weighted by molar-refractivity contribution is -0.136. The van der Waals surface area contributed by atoms with Crippen molar-refractivity contribution in [1.29, 1.82) is 0 Å². The summed E-state index contributed by atoms with van der Waals surface area (Å²) < 4.78 is 0. The molecule has 0 saturated carbocycles. The quantitative estimate of drug-likeness (QED) is 0.0985. The molecule has 0 atom stereocenters. The molecular weight excluding hydrogens is 700 g/mol. The Labute approximate surface area is 282 Å². The Bertz CT molecular complexity index is 662. The van der Waals surface area contributed by atoms with Crippen molar-refractivity contribution in [2.45, 2.75) is 0 Å². The summed E-state index contributed by atoms with van der Waals surface area (Å²) in [6, 6.07) is 0. The fraction of sp³-hybridized carbons (Fsp3) is 0.500. The number of rotatable bonds is 10. The van der Waals surface area contributed by atoms with Crippen molar-refractivity contribution in [2.24, 2.45) is 57.3 Å². The van der Waals surface area contributed by atoms with Gasteiger partial charge in [-0.2, -0.15) is 0 Å². The van der Waals surface area contributed by atoms with Crippen molar-refractivity contribution in [3.8, 4) is 0 Å². The second-order valence-corrected chi connectivity index (χ2v) is 5.98. The summed E-state index contributed by atoms with van der Waals surface area (Å²) in [7, 11) is 0. The standard InChI is InChI=1S/10C2H5NO2/c10*3-1-2(4)5/h10*1,3H2,(H,4,5). The molecule has 0 aromatic rings. The maximum Gasteiger partial charge on any atom is 0.317 e. The summed E-state index contributed by atoms with van der Waals surface area (Å²) >= 11 is 0. The van der Waals surface area contributed by atoms with Gasteiger partial charge in [0, 0.05) is 0 Å². The lowest BCUT2D eigenvalue weighted by Gasteiger charge is -1.73. The summed E-state index contributed by atoms with van der Waals surface area (Å²) in [5, 5.41) is 76.0. The Morgan fingerprint density at radius 3 is 0.220 bits per heavy atom. The molecule has 50 heavy (non-hydrogen) atoms. The lowest BCUT2D eigenvalue weighted by Crippen LogP contribution is -2.10. The van der Waals surface area contributed by atoms with E-state index < -0.39 is 59.7 Å². The van der Waals surface area contributed by atoms with Crippen LogP contribution in [0.15, 0.2) is 0 Å². The second kappa shape index (κ2) is 65.9. The molecule has 0 aliphatic heterocycles. The second-order valence-electron chi connectivity index (χ2n) is 5.98. The Morgan fingerprint density at radius 2 is 0.220 bits per heavy atom. The highest BCUT2D eigenvalue weighted by Crippen LogP contribution is 1.47. The Hall–Kier alpha value is -5.70. The summed E-state index contributed by atoms with van der Waals surface area (Å²) in [5.74, 6) is -9.68. The Balaban J connectivity index is -0.0000000444. The van der Waals surface area contributed by atoms with Gasteiger partial charge >= 0.3 is 59.7 Å². The number of hydrogen-bond acceptors (Lipinski definition) is 20. The largest absolute Gasteiger partial charge is 0.480 e. The predicted octanol–water partition coefficient (Wildman–Crippen LogP) is -9.70. The molecule has 30 nitrogen and oxygen atoms in total. The molecule has 300 valence electrons. The molecule has 0 bridgehead atoms. The topological polar surface area (TPSA) is 633 Å². The fourth-order valence-corrected chi connectivity index (χ4v) is 0. The third-order valence-corrected chi connectivity index (χ3v) is 1.75. The molecule has 0 spiro atoms. The first-order chi connectivity index (χ1) is 22.7. The minimum atomic E-state index is -0.968. The third-order valence-electron chi connectivity index (χ3n) is 1.75. The van der Waals surface area contributed by atoms with E-state index in [2.05, 4.69) is 57.3 Å². The molecule has 0 rings (SSSR count). The number of carbonyl (C=O) groups is 10.